The number of hydrogen-bond donors (Lipinski definition) is 1. The van der Waals surface area contributed by atoms with E-state index in [0.717, 1.165) is 21.2 Å². The summed E-state index contributed by atoms with van der Waals surface area (Å²) in [7, 11) is 1.55. The lowest BCUT2D eigenvalue weighted by Crippen LogP contribution is -2.13. The van der Waals surface area contributed by atoms with Crippen LogP contribution in [0, 0.1) is 13.8 Å². The first-order valence-electron chi connectivity index (χ1n) is 8.96. The van der Waals surface area contributed by atoms with E-state index in [4.69, 9.17) is 4.74 Å². The molecular weight excluding hydrogens is 386 g/mol. The molecule has 0 saturated carbocycles. The third-order valence-corrected chi connectivity index (χ3v) is 5.71. The van der Waals surface area contributed by atoms with Gasteiger partial charge >= 0.3 is 0 Å². The number of ether oxygens (including phenoxy) is 1. The minimum atomic E-state index is -0.215. The van der Waals surface area contributed by atoms with Crippen molar-refractivity contribution in [3.63, 3.8) is 0 Å². The molecule has 8 heteroatoms. The third-order valence-electron chi connectivity index (χ3n) is 4.53. The largest absolute Gasteiger partial charge is 0.496 e. The molecule has 1 amide bonds. The van der Waals surface area contributed by atoms with Crippen LogP contribution in [0.25, 0.3) is 5.78 Å². The minimum Gasteiger partial charge on any atom is -0.496 e. The molecule has 0 spiro atoms. The van der Waals surface area contributed by atoms with Gasteiger partial charge in [0.2, 0.25) is 0 Å². The fraction of sp³-hybridized carbons (Fsp3) is 0.143. The number of nitrogens with one attached hydrogen (secondary N) is 1. The molecule has 0 aliphatic heterocycles. The van der Waals surface area contributed by atoms with E-state index in [0.29, 0.717) is 22.8 Å². The molecule has 0 radical (unpaired) electrons. The van der Waals surface area contributed by atoms with E-state index >= 15 is 0 Å². The number of carbonyl (C=O) groups is 1. The molecule has 2 heterocycles. The molecule has 4 rings (SSSR count). The molecule has 29 heavy (non-hydrogen) atoms. The maximum atomic E-state index is 12.5. The lowest BCUT2D eigenvalue weighted by Gasteiger charge is -2.11. The number of fused-ring (bicyclic) bond motifs is 1. The zero-order valence-corrected chi connectivity index (χ0v) is 17.0. The van der Waals surface area contributed by atoms with Gasteiger partial charge in [-0.15, -0.1) is 0 Å². The van der Waals surface area contributed by atoms with Gasteiger partial charge in [0.1, 0.15) is 17.1 Å². The van der Waals surface area contributed by atoms with Crippen molar-refractivity contribution in [2.75, 3.05) is 12.4 Å². The second-order valence-electron chi connectivity index (χ2n) is 6.38. The average molecular weight is 405 g/mol. The molecule has 0 aliphatic carbocycles. The van der Waals surface area contributed by atoms with Gasteiger partial charge in [-0.2, -0.15) is 14.6 Å². The van der Waals surface area contributed by atoms with Crippen molar-refractivity contribution in [3.05, 3.63) is 71.7 Å². The van der Waals surface area contributed by atoms with Crippen molar-refractivity contribution in [2.24, 2.45) is 0 Å². The van der Waals surface area contributed by atoms with Gasteiger partial charge in [-0.1, -0.05) is 23.9 Å². The lowest BCUT2D eigenvalue weighted by molar-refractivity contribution is 0.102. The Morgan fingerprint density at radius 1 is 1.10 bits per heavy atom. The Kier molecular flexibility index (Phi) is 5.18. The zero-order chi connectivity index (χ0) is 20.4. The van der Waals surface area contributed by atoms with E-state index in [1.807, 2.05) is 44.2 Å². The summed E-state index contributed by atoms with van der Waals surface area (Å²) < 4.78 is 7.00. The van der Waals surface area contributed by atoms with Crippen LogP contribution < -0.4 is 10.1 Å². The van der Waals surface area contributed by atoms with Gasteiger partial charge < -0.3 is 10.1 Å². The number of carbonyl (C=O) groups excluding carboxylic acids is 1. The smallest absolute Gasteiger partial charge is 0.259 e. The molecule has 7 nitrogen and oxygen atoms in total. The molecule has 0 fully saturated rings. The Morgan fingerprint density at radius 3 is 2.62 bits per heavy atom. The quantitative estimate of drug-likeness (QED) is 0.502. The topological polar surface area (TPSA) is 81.4 Å². The molecule has 0 saturated heterocycles. The molecule has 0 bridgehead atoms. The number of benzene rings is 2. The average Bonchev–Trinajstić information content (AvgIpc) is 3.20. The second-order valence-corrected chi connectivity index (χ2v) is 7.44. The van der Waals surface area contributed by atoms with E-state index < -0.39 is 0 Å². The Hall–Kier alpha value is -3.39. The van der Waals surface area contributed by atoms with Gasteiger partial charge in [0, 0.05) is 21.8 Å². The predicted octanol–water partition coefficient (Wildman–Crippen LogP) is 4.15. The molecule has 146 valence electrons. The molecule has 0 aliphatic rings. The van der Waals surface area contributed by atoms with Crippen LogP contribution in [0.2, 0.25) is 0 Å². The van der Waals surface area contributed by atoms with Crippen molar-refractivity contribution >= 4 is 29.1 Å². The van der Waals surface area contributed by atoms with Crippen LogP contribution in [0.1, 0.15) is 21.6 Å². The van der Waals surface area contributed by atoms with E-state index in [1.165, 1.54) is 6.33 Å². The number of nitrogens with zero attached hydrogens (tertiary/aromatic N) is 4. The number of anilines is 1. The lowest BCUT2D eigenvalue weighted by atomic mass is 10.2. The maximum absolute atomic E-state index is 12.5. The first kappa shape index (κ1) is 18.9. The van der Waals surface area contributed by atoms with Crippen molar-refractivity contribution in [1.29, 1.82) is 0 Å². The Bertz CT molecular complexity index is 1190. The van der Waals surface area contributed by atoms with Crippen LogP contribution in [-0.2, 0) is 0 Å². The Balaban J connectivity index is 1.54. The van der Waals surface area contributed by atoms with Crippen molar-refractivity contribution in [1.82, 2.24) is 19.6 Å². The molecular formula is C21H19N5O2S. The second kappa shape index (κ2) is 7.92. The summed E-state index contributed by atoms with van der Waals surface area (Å²) in [6.07, 6.45) is 1.50. The summed E-state index contributed by atoms with van der Waals surface area (Å²) in [6.45, 7) is 3.98. The molecule has 0 atom stereocenters. The van der Waals surface area contributed by atoms with Gasteiger partial charge in [-0.3, -0.25) is 4.79 Å². The third kappa shape index (κ3) is 3.79. The number of rotatable bonds is 5. The van der Waals surface area contributed by atoms with Crippen LogP contribution >= 0.6 is 11.8 Å². The number of amides is 1. The van der Waals surface area contributed by atoms with Gasteiger partial charge in [0.25, 0.3) is 11.7 Å². The Morgan fingerprint density at radius 2 is 1.86 bits per heavy atom. The van der Waals surface area contributed by atoms with Gasteiger partial charge in [0.05, 0.1) is 12.7 Å². The normalized spacial score (nSPS) is 10.9. The van der Waals surface area contributed by atoms with E-state index in [1.54, 1.807) is 41.6 Å². The molecule has 0 unspecified atom stereocenters. The van der Waals surface area contributed by atoms with E-state index in [9.17, 15) is 4.79 Å². The molecule has 2 aromatic heterocycles. The Labute approximate surface area is 172 Å². The van der Waals surface area contributed by atoms with Crippen LogP contribution in [0.15, 0.2) is 64.8 Å². The summed E-state index contributed by atoms with van der Waals surface area (Å²) in [5.74, 6) is 0.904. The monoisotopic (exact) mass is 405 g/mol. The van der Waals surface area contributed by atoms with Crippen LogP contribution in [0.4, 0.5) is 5.69 Å². The van der Waals surface area contributed by atoms with Crippen molar-refractivity contribution in [3.8, 4) is 5.75 Å². The minimum absolute atomic E-state index is 0.215. The standard InChI is InChI=1S/C21H19N5O2S/c1-13-14(2)24-21-22-12-23-26(21)20(13)29-16-10-8-15(9-11-16)25-19(27)17-6-4-5-7-18(17)28-3/h4-12H,1-3H3,(H,25,27). The highest BCUT2D eigenvalue weighted by atomic mass is 32.2. The summed E-state index contributed by atoms with van der Waals surface area (Å²) in [6, 6.07) is 14.8. The SMILES string of the molecule is COc1ccccc1C(=O)Nc1ccc(Sc2c(C)c(C)nc3ncnn23)cc1. The van der Waals surface area contributed by atoms with Gasteiger partial charge in [0.15, 0.2) is 0 Å². The summed E-state index contributed by atoms with van der Waals surface area (Å²) in [5.41, 5.74) is 3.18. The van der Waals surface area contributed by atoms with Crippen molar-refractivity contribution < 1.29 is 9.53 Å². The van der Waals surface area contributed by atoms with E-state index in [-0.39, 0.29) is 5.91 Å². The number of hydrogen-bond acceptors (Lipinski definition) is 6. The first-order chi connectivity index (χ1) is 14.1. The van der Waals surface area contributed by atoms with Crippen LogP contribution in [0.5, 0.6) is 5.75 Å². The number of para-hydroxylation sites is 1. The van der Waals surface area contributed by atoms with E-state index in [2.05, 4.69) is 20.4 Å². The summed E-state index contributed by atoms with van der Waals surface area (Å²) >= 11 is 1.58. The van der Waals surface area contributed by atoms with Gasteiger partial charge in [-0.05, 0) is 50.2 Å². The fourth-order valence-corrected chi connectivity index (χ4v) is 3.88. The van der Waals surface area contributed by atoms with Crippen LogP contribution in [-0.4, -0.2) is 32.6 Å². The van der Waals surface area contributed by atoms with Crippen molar-refractivity contribution in [2.45, 2.75) is 23.8 Å². The van der Waals surface area contributed by atoms with Crippen LogP contribution in [0.3, 0.4) is 0 Å². The molecule has 2 aromatic carbocycles. The molecule has 1 N–H and O–H groups in total. The molecule has 4 aromatic rings. The van der Waals surface area contributed by atoms with Gasteiger partial charge in [-0.25, -0.2) is 4.98 Å². The fourth-order valence-electron chi connectivity index (χ4n) is 2.87. The maximum Gasteiger partial charge on any atom is 0.259 e. The number of aryl methyl sites for hydroxylation is 1. The summed E-state index contributed by atoms with van der Waals surface area (Å²) in [4.78, 5) is 22.2. The highest BCUT2D eigenvalue weighted by Gasteiger charge is 2.14. The predicted molar refractivity (Wildman–Crippen MR) is 112 cm³/mol. The number of methoxy groups -OCH3 is 1. The number of aromatic nitrogens is 4. The zero-order valence-electron chi connectivity index (χ0n) is 16.2. The highest BCUT2D eigenvalue weighted by Crippen LogP contribution is 2.32. The first-order valence-corrected chi connectivity index (χ1v) is 9.77. The highest BCUT2D eigenvalue weighted by molar-refractivity contribution is 7.99. The summed E-state index contributed by atoms with van der Waals surface area (Å²) in [5, 5.41) is 8.15.